The van der Waals surface area contributed by atoms with Gasteiger partial charge in [0, 0.05) is 27.4 Å². The molecule has 5 heteroatoms. The number of hydrogen-bond acceptors (Lipinski definition) is 3. The molecule has 194 valence electrons. The minimum Gasteiger partial charge on any atom is -0.377 e. The van der Waals surface area contributed by atoms with E-state index in [2.05, 4.69) is 28.1 Å². The summed E-state index contributed by atoms with van der Waals surface area (Å²) in [7, 11) is 2.77. The van der Waals surface area contributed by atoms with Crippen LogP contribution in [-0.4, -0.2) is 30.1 Å². The molecule has 0 fully saturated rings. The summed E-state index contributed by atoms with van der Waals surface area (Å²) in [5, 5.41) is 7.61. The maximum absolute atomic E-state index is 5.48. The zero-order chi connectivity index (χ0) is 23.7. The van der Waals surface area contributed by atoms with Crippen LogP contribution in [0.3, 0.4) is 0 Å². The molecule has 0 amide bonds. The van der Waals surface area contributed by atoms with E-state index >= 15 is 0 Å². The second-order valence-corrected chi connectivity index (χ2v) is 24.4. The fraction of sp³-hybridized carbons (Fsp3) is 0.852. The van der Waals surface area contributed by atoms with E-state index in [1.807, 2.05) is 3.96 Å². The van der Waals surface area contributed by atoms with E-state index < -0.39 is 24.9 Å². The fourth-order valence-electron chi connectivity index (χ4n) is 4.56. The summed E-state index contributed by atoms with van der Waals surface area (Å²) in [4.78, 5) is 0. The summed E-state index contributed by atoms with van der Waals surface area (Å²) in [5.41, 5.74) is 1.71. The van der Waals surface area contributed by atoms with E-state index in [1.165, 1.54) is 96.3 Å². The van der Waals surface area contributed by atoms with Crippen LogP contribution < -0.4 is 0 Å². The van der Waals surface area contributed by atoms with Crippen LogP contribution in [0, 0.1) is 0 Å². The predicted octanol–water partition coefficient (Wildman–Crippen LogP) is 9.23. The molecular weight excluding hydrogens is 595 g/mol. The first kappa shape index (κ1) is 30.3. The third-order valence-corrected chi connectivity index (χ3v) is 14.8. The van der Waals surface area contributed by atoms with E-state index in [9.17, 15) is 0 Å². The van der Waals surface area contributed by atoms with Crippen molar-refractivity contribution in [1.82, 2.24) is 0 Å². The van der Waals surface area contributed by atoms with Crippen LogP contribution >= 0.6 is 0 Å². The normalized spacial score (nSPS) is 15.2. The van der Waals surface area contributed by atoms with E-state index in [4.69, 9.17) is 13.3 Å². The second-order valence-electron chi connectivity index (χ2n) is 9.67. The van der Waals surface area contributed by atoms with Crippen LogP contribution in [0.15, 0.2) is 21.7 Å². The standard InChI is InChI=1S/C24H45O3Si.3CH3.Pt/c1-25-28(26-2,27-3)23-19-15-13-11-9-7-5-4-6-8-10-12-14-16-20-24-21-17-18-22-24;;;;/h17,21H,4-16,18-20,23H2,1-3H3;3*1H3;. The van der Waals surface area contributed by atoms with Crippen molar-refractivity contribution < 1.29 is 29.3 Å². The first-order valence-corrected chi connectivity index (χ1v) is 22.7. The van der Waals surface area contributed by atoms with E-state index in [0.717, 1.165) is 12.5 Å². The van der Waals surface area contributed by atoms with Gasteiger partial charge in [-0.25, -0.2) is 0 Å². The van der Waals surface area contributed by atoms with E-state index in [1.54, 1.807) is 26.9 Å². The molecule has 0 spiro atoms. The first-order chi connectivity index (χ1) is 15.4. The largest absolute Gasteiger partial charge is 0.377 e. The number of hydrogen-bond donors (Lipinski definition) is 0. The zero-order valence-electron chi connectivity index (χ0n) is 22.2. The molecule has 3 nitrogen and oxygen atoms in total. The maximum atomic E-state index is 5.48. The Labute approximate surface area is 205 Å². The van der Waals surface area contributed by atoms with E-state index in [-0.39, 0.29) is 0 Å². The van der Waals surface area contributed by atoms with Gasteiger partial charge in [0.2, 0.25) is 0 Å². The molecule has 0 radical (unpaired) electrons. The zero-order valence-corrected chi connectivity index (χ0v) is 25.5. The molecule has 0 aliphatic heterocycles. The molecule has 0 bridgehead atoms. The average molecular weight is 650 g/mol. The minimum absolute atomic E-state index is 0.936. The summed E-state index contributed by atoms with van der Waals surface area (Å²) < 4.78 is 18.3. The Balaban J connectivity index is 1.86. The fourth-order valence-corrected chi connectivity index (χ4v) is 10.7. The molecule has 0 saturated heterocycles. The molecule has 0 aromatic rings. The Morgan fingerprint density at radius 2 is 1.06 bits per heavy atom. The third kappa shape index (κ3) is 12.7. The van der Waals surface area contributed by atoms with Gasteiger partial charge in [0.1, 0.15) is 0 Å². The smallest absolute Gasteiger partial charge is 0.0272 e. The van der Waals surface area contributed by atoms with Crippen molar-refractivity contribution in [2.24, 2.45) is 0 Å². The third-order valence-electron chi connectivity index (χ3n) is 6.62. The summed E-state index contributed by atoms with van der Waals surface area (Å²) in [5.74, 6) is 0. The summed E-state index contributed by atoms with van der Waals surface area (Å²) in [6.45, 7) is 0. The van der Waals surface area contributed by atoms with Gasteiger partial charge in [-0.2, -0.15) is 0 Å². The quantitative estimate of drug-likeness (QED) is 0.0917. The van der Waals surface area contributed by atoms with Crippen molar-refractivity contribution in [2.45, 2.75) is 125 Å². The summed E-state index contributed by atoms with van der Waals surface area (Å²) in [6, 6.07) is 0.936. The van der Waals surface area contributed by atoms with Gasteiger partial charge in [0.15, 0.2) is 0 Å². The van der Waals surface area contributed by atoms with Gasteiger partial charge in [-0.05, 0) is 6.42 Å². The van der Waals surface area contributed by atoms with Gasteiger partial charge in [-0.1, -0.05) is 25.7 Å². The molecule has 0 saturated carbocycles. The molecular formula is C27H54O3PtSi. The van der Waals surface area contributed by atoms with Gasteiger partial charge in [-0.3, -0.25) is 0 Å². The first-order valence-electron chi connectivity index (χ1n) is 12.8. The monoisotopic (exact) mass is 649 g/mol. The van der Waals surface area contributed by atoms with Crippen molar-refractivity contribution in [2.75, 3.05) is 21.3 Å². The van der Waals surface area contributed by atoms with Crippen LogP contribution in [0.1, 0.15) is 103 Å². The second kappa shape index (κ2) is 17.7. The van der Waals surface area contributed by atoms with Gasteiger partial charge < -0.3 is 13.3 Å². The number of unbranched alkanes of at least 4 members (excludes halogenated alkanes) is 13. The molecule has 1 rings (SSSR count). The average Bonchev–Trinajstić information content (AvgIpc) is 3.26. The minimum atomic E-state index is -2.34. The van der Waals surface area contributed by atoms with Crippen molar-refractivity contribution in [1.29, 1.82) is 0 Å². The molecule has 1 aliphatic rings. The van der Waals surface area contributed by atoms with Crippen molar-refractivity contribution >= 4 is 8.80 Å². The Morgan fingerprint density at radius 1 is 0.656 bits per heavy atom. The molecule has 0 unspecified atom stereocenters. The van der Waals surface area contributed by atoms with Crippen LogP contribution in [0.4, 0.5) is 0 Å². The molecule has 32 heavy (non-hydrogen) atoms. The molecule has 0 N–H and O–H groups in total. The van der Waals surface area contributed by atoms with Crippen molar-refractivity contribution in [3.63, 3.8) is 0 Å². The van der Waals surface area contributed by atoms with E-state index in [0.29, 0.717) is 0 Å². The summed E-state index contributed by atoms with van der Waals surface area (Å²) in [6.07, 6.45) is 26.8. The molecule has 0 atom stereocenters. The molecule has 0 aromatic carbocycles. The Kier molecular flexibility index (Phi) is 16.7. The molecule has 0 aromatic heterocycles. The van der Waals surface area contributed by atoms with Gasteiger partial charge >= 0.3 is 133 Å². The van der Waals surface area contributed by atoms with Crippen molar-refractivity contribution in [3.8, 4) is 0 Å². The Bertz CT molecular complexity index is 527. The molecule has 1 aliphatic carbocycles. The topological polar surface area (TPSA) is 27.7 Å². The number of rotatable bonds is 21. The van der Waals surface area contributed by atoms with Gasteiger partial charge in [-0.15, -0.1) is 0 Å². The Morgan fingerprint density at radius 3 is 1.47 bits per heavy atom. The van der Waals surface area contributed by atoms with Gasteiger partial charge in [0.25, 0.3) is 0 Å². The van der Waals surface area contributed by atoms with Crippen LogP contribution in [0.25, 0.3) is 0 Å². The summed E-state index contributed by atoms with van der Waals surface area (Å²) >= 11 is -1.54. The Hall–Kier alpha value is 0.265. The molecule has 0 heterocycles. The van der Waals surface area contributed by atoms with Crippen LogP contribution in [-0.2, 0) is 29.3 Å². The number of allylic oxidation sites excluding steroid dienone is 4. The predicted molar refractivity (Wildman–Crippen MR) is 139 cm³/mol. The maximum Gasteiger partial charge on any atom is 0.0272 e. The SMILES string of the molecule is CO[Si](CCCCCCCCCCCCCCCCC1=[C]([Pt]([CH3])([CH3])[CH3])CC=C1)(OC)OC. The van der Waals surface area contributed by atoms with Crippen molar-refractivity contribution in [3.05, 3.63) is 21.7 Å². The van der Waals surface area contributed by atoms with Crippen LogP contribution in [0.5, 0.6) is 0 Å². The van der Waals surface area contributed by atoms with Crippen LogP contribution in [0.2, 0.25) is 22.0 Å². The van der Waals surface area contributed by atoms with Gasteiger partial charge in [0.05, 0.1) is 0 Å².